The number of hydrogen-bond acceptors (Lipinski definition) is 2. The number of carbonyl (C=O) groups excluding carboxylic acids is 1. The Bertz CT molecular complexity index is 457. The minimum Gasteiger partial charge on any atom is -0.398 e. The van der Waals surface area contributed by atoms with Crippen molar-refractivity contribution in [1.29, 1.82) is 0 Å². The molecular weight excluding hydrogens is 236 g/mol. The summed E-state index contributed by atoms with van der Waals surface area (Å²) in [6, 6.07) is 5.10. The summed E-state index contributed by atoms with van der Waals surface area (Å²) < 4.78 is 0. The van der Waals surface area contributed by atoms with Crippen molar-refractivity contribution in [3.05, 3.63) is 28.8 Å². The summed E-state index contributed by atoms with van der Waals surface area (Å²) in [5.74, 6) is 0.427. The molecule has 1 aromatic carbocycles. The lowest BCUT2D eigenvalue weighted by Gasteiger charge is -2.08. The summed E-state index contributed by atoms with van der Waals surface area (Å²) in [6.45, 7) is 5.12. The molecule has 1 atom stereocenters. The molecule has 0 bridgehead atoms. The minimum absolute atomic E-state index is 0.148. The first kappa shape index (κ1) is 12.2. The van der Waals surface area contributed by atoms with Crippen molar-refractivity contribution in [1.82, 2.24) is 5.32 Å². The Morgan fingerprint density at radius 1 is 1.59 bits per heavy atom. The van der Waals surface area contributed by atoms with Crippen LogP contribution in [0.25, 0.3) is 0 Å². The van der Waals surface area contributed by atoms with Crippen LogP contribution in [0.15, 0.2) is 18.2 Å². The van der Waals surface area contributed by atoms with Crippen LogP contribution in [0.1, 0.15) is 30.6 Å². The van der Waals surface area contributed by atoms with Crippen molar-refractivity contribution in [2.75, 3.05) is 12.3 Å². The zero-order valence-corrected chi connectivity index (χ0v) is 10.8. The van der Waals surface area contributed by atoms with E-state index < -0.39 is 0 Å². The van der Waals surface area contributed by atoms with Crippen LogP contribution in [-0.4, -0.2) is 12.5 Å². The number of nitrogens with one attached hydrogen (secondary N) is 1. The molecule has 17 heavy (non-hydrogen) atoms. The fourth-order valence-corrected chi connectivity index (χ4v) is 2.17. The van der Waals surface area contributed by atoms with E-state index in [1.165, 1.54) is 0 Å². The van der Waals surface area contributed by atoms with Crippen LogP contribution in [0.2, 0.25) is 5.02 Å². The quantitative estimate of drug-likeness (QED) is 0.813. The summed E-state index contributed by atoms with van der Waals surface area (Å²) in [6.07, 6.45) is 1.16. The first-order valence-electron chi connectivity index (χ1n) is 5.74. The van der Waals surface area contributed by atoms with Gasteiger partial charge in [-0.15, -0.1) is 0 Å². The van der Waals surface area contributed by atoms with Gasteiger partial charge in [0.2, 0.25) is 0 Å². The van der Waals surface area contributed by atoms with Crippen molar-refractivity contribution >= 4 is 23.2 Å². The number of halogens is 1. The van der Waals surface area contributed by atoms with Crippen LogP contribution in [0, 0.1) is 11.3 Å². The monoisotopic (exact) mass is 252 g/mol. The van der Waals surface area contributed by atoms with E-state index in [1.54, 1.807) is 18.2 Å². The number of nitrogens with two attached hydrogens (primary N) is 1. The molecule has 0 heterocycles. The van der Waals surface area contributed by atoms with Gasteiger partial charge in [-0.05, 0) is 29.9 Å². The van der Waals surface area contributed by atoms with Gasteiger partial charge in [-0.2, -0.15) is 0 Å². The van der Waals surface area contributed by atoms with E-state index in [2.05, 4.69) is 19.2 Å². The molecule has 1 fully saturated rings. The molecule has 4 heteroatoms. The summed E-state index contributed by atoms with van der Waals surface area (Å²) >= 11 is 5.99. The zero-order valence-electron chi connectivity index (χ0n) is 10.1. The third kappa shape index (κ3) is 2.55. The maximum Gasteiger partial charge on any atom is 0.252 e. The molecule has 92 valence electrons. The molecule has 3 N–H and O–H groups in total. The molecule has 1 aliphatic rings. The van der Waals surface area contributed by atoms with Gasteiger partial charge in [-0.25, -0.2) is 0 Å². The molecule has 0 aromatic heterocycles. The van der Waals surface area contributed by atoms with Crippen molar-refractivity contribution in [3.63, 3.8) is 0 Å². The second-order valence-corrected chi connectivity index (χ2v) is 5.69. The van der Waals surface area contributed by atoms with E-state index in [9.17, 15) is 4.79 Å². The Morgan fingerprint density at radius 3 is 2.82 bits per heavy atom. The Morgan fingerprint density at radius 2 is 2.24 bits per heavy atom. The highest BCUT2D eigenvalue weighted by molar-refractivity contribution is 6.36. The van der Waals surface area contributed by atoms with Gasteiger partial charge in [0.1, 0.15) is 0 Å². The Kier molecular flexibility index (Phi) is 3.04. The summed E-state index contributed by atoms with van der Waals surface area (Å²) in [5, 5.41) is 3.24. The Labute approximate surface area is 106 Å². The average Bonchev–Trinajstić information content (AvgIpc) is 2.87. The first-order chi connectivity index (χ1) is 7.92. The van der Waals surface area contributed by atoms with Crippen LogP contribution in [0.5, 0.6) is 0 Å². The predicted octanol–water partition coefficient (Wildman–Crippen LogP) is 2.70. The highest BCUT2D eigenvalue weighted by Gasteiger charge is 2.45. The number of hydrogen-bond donors (Lipinski definition) is 2. The minimum atomic E-state index is -0.148. The number of anilines is 1. The second kappa shape index (κ2) is 4.22. The van der Waals surface area contributed by atoms with E-state index in [-0.39, 0.29) is 5.91 Å². The van der Waals surface area contributed by atoms with Crippen molar-refractivity contribution in [3.8, 4) is 0 Å². The second-order valence-electron chi connectivity index (χ2n) is 5.31. The number of nitrogen functional groups attached to an aromatic ring is 1. The molecule has 0 spiro atoms. The van der Waals surface area contributed by atoms with Gasteiger partial charge >= 0.3 is 0 Å². The molecule has 2 rings (SSSR count). The summed E-state index contributed by atoms with van der Waals surface area (Å²) in [5.41, 5.74) is 6.91. The lowest BCUT2D eigenvalue weighted by Crippen LogP contribution is -2.27. The van der Waals surface area contributed by atoms with Crippen LogP contribution in [-0.2, 0) is 0 Å². The topological polar surface area (TPSA) is 55.1 Å². The highest BCUT2D eigenvalue weighted by Crippen LogP contribution is 2.51. The number of amides is 1. The molecule has 0 aliphatic heterocycles. The summed E-state index contributed by atoms with van der Waals surface area (Å²) in [4.78, 5) is 11.9. The third-order valence-corrected chi connectivity index (χ3v) is 3.92. The maximum atomic E-state index is 11.9. The van der Waals surface area contributed by atoms with E-state index >= 15 is 0 Å². The standard InChI is InChI=1S/C13H17ClN2O/c1-13(2)6-8(13)7-16-12(17)9-4-3-5-10(15)11(9)14/h3-5,8H,6-7,15H2,1-2H3,(H,16,17). The van der Waals surface area contributed by atoms with E-state index in [1.807, 2.05) is 0 Å². The van der Waals surface area contributed by atoms with Crippen LogP contribution >= 0.6 is 11.6 Å². The fraction of sp³-hybridized carbons (Fsp3) is 0.462. The average molecular weight is 253 g/mol. The number of rotatable bonds is 3. The van der Waals surface area contributed by atoms with E-state index in [4.69, 9.17) is 17.3 Å². The van der Waals surface area contributed by atoms with Crippen LogP contribution < -0.4 is 11.1 Å². The Balaban J connectivity index is 1.98. The number of carbonyl (C=O) groups is 1. The largest absolute Gasteiger partial charge is 0.398 e. The molecule has 0 saturated heterocycles. The molecule has 3 nitrogen and oxygen atoms in total. The van der Waals surface area contributed by atoms with Gasteiger partial charge in [0.05, 0.1) is 16.3 Å². The van der Waals surface area contributed by atoms with E-state index in [0.717, 1.165) is 6.42 Å². The number of benzene rings is 1. The molecule has 1 aliphatic carbocycles. The molecule has 1 amide bonds. The van der Waals surface area contributed by atoms with Gasteiger partial charge < -0.3 is 11.1 Å². The van der Waals surface area contributed by atoms with Crippen molar-refractivity contribution in [2.45, 2.75) is 20.3 Å². The maximum absolute atomic E-state index is 11.9. The first-order valence-corrected chi connectivity index (χ1v) is 6.12. The van der Waals surface area contributed by atoms with E-state index in [0.29, 0.717) is 34.2 Å². The normalized spacial score (nSPS) is 21.0. The molecule has 0 radical (unpaired) electrons. The van der Waals surface area contributed by atoms with Crippen LogP contribution in [0.4, 0.5) is 5.69 Å². The SMILES string of the molecule is CC1(C)CC1CNC(=O)c1cccc(N)c1Cl. The van der Waals surface area contributed by atoms with Crippen LogP contribution in [0.3, 0.4) is 0 Å². The van der Waals surface area contributed by atoms with Gasteiger partial charge in [-0.3, -0.25) is 4.79 Å². The van der Waals surface area contributed by atoms with Crippen molar-refractivity contribution < 1.29 is 4.79 Å². The highest BCUT2D eigenvalue weighted by atomic mass is 35.5. The molecule has 1 unspecified atom stereocenters. The zero-order chi connectivity index (χ0) is 12.6. The van der Waals surface area contributed by atoms with Gasteiger partial charge in [0.15, 0.2) is 0 Å². The third-order valence-electron chi connectivity index (χ3n) is 3.50. The Hall–Kier alpha value is -1.22. The molecular formula is C13H17ClN2O. The van der Waals surface area contributed by atoms with Gasteiger partial charge in [0, 0.05) is 6.54 Å². The smallest absolute Gasteiger partial charge is 0.252 e. The summed E-state index contributed by atoms with van der Waals surface area (Å²) in [7, 11) is 0. The van der Waals surface area contributed by atoms with Gasteiger partial charge in [-0.1, -0.05) is 31.5 Å². The lowest BCUT2D eigenvalue weighted by molar-refractivity contribution is 0.0951. The molecule has 1 saturated carbocycles. The molecule has 1 aromatic rings. The fourth-order valence-electron chi connectivity index (χ4n) is 1.96. The van der Waals surface area contributed by atoms with Crippen molar-refractivity contribution in [2.24, 2.45) is 11.3 Å². The predicted molar refractivity (Wildman–Crippen MR) is 70.1 cm³/mol. The lowest BCUT2D eigenvalue weighted by atomic mass is 10.1. The van der Waals surface area contributed by atoms with Gasteiger partial charge in [0.25, 0.3) is 5.91 Å².